The summed E-state index contributed by atoms with van der Waals surface area (Å²) in [6.45, 7) is 8.96. The molecule has 1 rings (SSSR count). The molecule has 0 aromatic heterocycles. The van der Waals surface area contributed by atoms with Crippen LogP contribution in [0.2, 0.25) is 0 Å². The molecule has 0 bridgehead atoms. The SMILES string of the molecule is CCN(CC(=O)NC(C)C)CC(=O)N1CCCCC1. The summed E-state index contributed by atoms with van der Waals surface area (Å²) in [6.07, 6.45) is 3.43. The van der Waals surface area contributed by atoms with Gasteiger partial charge >= 0.3 is 0 Å². The van der Waals surface area contributed by atoms with Crippen LogP contribution in [0.1, 0.15) is 40.0 Å². The van der Waals surface area contributed by atoms with Crippen molar-refractivity contribution < 1.29 is 9.59 Å². The summed E-state index contributed by atoms with van der Waals surface area (Å²) in [4.78, 5) is 27.6. The van der Waals surface area contributed by atoms with E-state index in [1.165, 1.54) is 6.42 Å². The molecule has 0 spiro atoms. The fourth-order valence-corrected chi connectivity index (χ4v) is 2.28. The maximum absolute atomic E-state index is 12.1. The summed E-state index contributed by atoms with van der Waals surface area (Å²) in [5.74, 6) is 0.141. The molecule has 2 amide bonds. The second-order valence-corrected chi connectivity index (χ2v) is 5.47. The molecule has 110 valence electrons. The minimum atomic E-state index is -0.0108. The van der Waals surface area contributed by atoms with E-state index in [4.69, 9.17) is 0 Å². The van der Waals surface area contributed by atoms with Crippen LogP contribution in [0.3, 0.4) is 0 Å². The summed E-state index contributed by atoms with van der Waals surface area (Å²) in [7, 11) is 0. The average molecular weight is 269 g/mol. The van der Waals surface area contributed by atoms with Crippen molar-refractivity contribution in [2.45, 2.75) is 46.1 Å². The molecule has 0 unspecified atom stereocenters. The number of piperidine rings is 1. The predicted molar refractivity (Wildman–Crippen MR) is 75.8 cm³/mol. The van der Waals surface area contributed by atoms with Gasteiger partial charge in [0.15, 0.2) is 0 Å². The Morgan fingerprint density at radius 1 is 1.16 bits per heavy atom. The summed E-state index contributed by atoms with van der Waals surface area (Å²) < 4.78 is 0. The number of likely N-dealkylation sites (tertiary alicyclic amines) is 1. The number of hydrogen-bond donors (Lipinski definition) is 1. The van der Waals surface area contributed by atoms with Crippen molar-refractivity contribution >= 4 is 11.8 Å². The highest BCUT2D eigenvalue weighted by atomic mass is 16.2. The van der Waals surface area contributed by atoms with Crippen LogP contribution >= 0.6 is 0 Å². The molecule has 1 aliphatic rings. The van der Waals surface area contributed by atoms with E-state index in [-0.39, 0.29) is 17.9 Å². The lowest BCUT2D eigenvalue weighted by molar-refractivity contribution is -0.134. The van der Waals surface area contributed by atoms with E-state index in [0.717, 1.165) is 25.9 Å². The molecule has 5 heteroatoms. The molecule has 19 heavy (non-hydrogen) atoms. The average Bonchev–Trinajstić information content (AvgIpc) is 2.37. The van der Waals surface area contributed by atoms with Crippen LogP contribution < -0.4 is 5.32 Å². The summed E-state index contributed by atoms with van der Waals surface area (Å²) in [5, 5.41) is 2.85. The molecule has 0 atom stereocenters. The molecule has 0 aliphatic carbocycles. The van der Waals surface area contributed by atoms with Crippen LogP contribution in [0.25, 0.3) is 0 Å². The van der Waals surface area contributed by atoms with Gasteiger partial charge in [-0.2, -0.15) is 0 Å². The maximum Gasteiger partial charge on any atom is 0.236 e. The van der Waals surface area contributed by atoms with E-state index in [1.807, 2.05) is 30.6 Å². The number of likely N-dealkylation sites (N-methyl/N-ethyl adjacent to an activating group) is 1. The predicted octanol–water partition coefficient (Wildman–Crippen LogP) is 0.845. The van der Waals surface area contributed by atoms with Crippen molar-refractivity contribution in [3.05, 3.63) is 0 Å². The van der Waals surface area contributed by atoms with E-state index in [2.05, 4.69) is 5.32 Å². The fourth-order valence-electron chi connectivity index (χ4n) is 2.28. The van der Waals surface area contributed by atoms with E-state index in [9.17, 15) is 9.59 Å². The number of nitrogens with zero attached hydrogens (tertiary/aromatic N) is 2. The zero-order chi connectivity index (χ0) is 14.3. The number of rotatable bonds is 6. The van der Waals surface area contributed by atoms with Crippen LogP contribution in [-0.4, -0.2) is 60.4 Å². The van der Waals surface area contributed by atoms with Gasteiger partial charge < -0.3 is 10.2 Å². The zero-order valence-electron chi connectivity index (χ0n) is 12.4. The molecule has 1 N–H and O–H groups in total. The molecule has 0 radical (unpaired) electrons. The molecule has 0 aromatic carbocycles. The van der Waals surface area contributed by atoms with Crippen LogP contribution in [0.15, 0.2) is 0 Å². The van der Waals surface area contributed by atoms with Crippen LogP contribution in [0.5, 0.6) is 0 Å². The van der Waals surface area contributed by atoms with Crippen LogP contribution in [0, 0.1) is 0 Å². The van der Waals surface area contributed by atoms with E-state index < -0.39 is 0 Å². The highest BCUT2D eigenvalue weighted by Gasteiger charge is 2.20. The topological polar surface area (TPSA) is 52.7 Å². The maximum atomic E-state index is 12.1. The second kappa shape index (κ2) is 8.15. The van der Waals surface area contributed by atoms with E-state index in [1.54, 1.807) is 0 Å². The molecular weight excluding hydrogens is 242 g/mol. The smallest absolute Gasteiger partial charge is 0.236 e. The molecule has 1 saturated heterocycles. The summed E-state index contributed by atoms with van der Waals surface area (Å²) >= 11 is 0. The normalized spacial score (nSPS) is 15.9. The lowest BCUT2D eigenvalue weighted by atomic mass is 10.1. The van der Waals surface area contributed by atoms with Crippen LogP contribution in [-0.2, 0) is 9.59 Å². The monoisotopic (exact) mass is 269 g/mol. The number of amides is 2. The van der Waals surface area contributed by atoms with E-state index in [0.29, 0.717) is 19.6 Å². The van der Waals surface area contributed by atoms with Gasteiger partial charge in [-0.05, 0) is 39.7 Å². The lowest BCUT2D eigenvalue weighted by Gasteiger charge is -2.29. The number of nitrogens with one attached hydrogen (secondary N) is 1. The minimum Gasteiger partial charge on any atom is -0.353 e. The first-order valence-corrected chi connectivity index (χ1v) is 7.32. The van der Waals surface area contributed by atoms with Crippen molar-refractivity contribution in [2.75, 3.05) is 32.7 Å². The van der Waals surface area contributed by atoms with Crippen molar-refractivity contribution in [3.8, 4) is 0 Å². The Morgan fingerprint density at radius 2 is 1.79 bits per heavy atom. The highest BCUT2D eigenvalue weighted by Crippen LogP contribution is 2.09. The zero-order valence-corrected chi connectivity index (χ0v) is 12.4. The largest absolute Gasteiger partial charge is 0.353 e. The summed E-state index contributed by atoms with van der Waals surface area (Å²) in [5.41, 5.74) is 0. The first-order chi connectivity index (χ1) is 9.02. The number of carbonyl (C=O) groups is 2. The lowest BCUT2D eigenvalue weighted by Crippen LogP contribution is -2.46. The third-order valence-corrected chi connectivity index (χ3v) is 3.33. The van der Waals surface area contributed by atoms with E-state index >= 15 is 0 Å². The first-order valence-electron chi connectivity index (χ1n) is 7.32. The Bertz CT molecular complexity index is 299. The second-order valence-electron chi connectivity index (χ2n) is 5.47. The molecule has 1 heterocycles. The summed E-state index contributed by atoms with van der Waals surface area (Å²) in [6, 6.07) is 0.143. The highest BCUT2D eigenvalue weighted by molar-refractivity contribution is 5.81. The Hall–Kier alpha value is -1.10. The fraction of sp³-hybridized carbons (Fsp3) is 0.857. The van der Waals surface area contributed by atoms with Gasteiger partial charge in [0, 0.05) is 19.1 Å². The molecule has 1 fully saturated rings. The van der Waals surface area contributed by atoms with Crippen molar-refractivity contribution in [1.82, 2.24) is 15.1 Å². The molecule has 0 aromatic rings. The Labute approximate surface area is 116 Å². The van der Waals surface area contributed by atoms with Gasteiger partial charge in [0.05, 0.1) is 13.1 Å². The minimum absolute atomic E-state index is 0.0108. The molecule has 1 aliphatic heterocycles. The molecular formula is C14H27N3O2. The van der Waals surface area contributed by atoms with Gasteiger partial charge in [-0.25, -0.2) is 0 Å². The van der Waals surface area contributed by atoms with Crippen LogP contribution in [0.4, 0.5) is 0 Å². The van der Waals surface area contributed by atoms with Crippen molar-refractivity contribution in [1.29, 1.82) is 0 Å². The quantitative estimate of drug-likeness (QED) is 0.777. The Balaban J connectivity index is 2.38. The number of hydrogen-bond acceptors (Lipinski definition) is 3. The molecule has 5 nitrogen and oxygen atoms in total. The van der Waals surface area contributed by atoms with Crippen molar-refractivity contribution in [2.24, 2.45) is 0 Å². The van der Waals surface area contributed by atoms with Gasteiger partial charge in [0.2, 0.25) is 11.8 Å². The third-order valence-electron chi connectivity index (χ3n) is 3.33. The Morgan fingerprint density at radius 3 is 2.32 bits per heavy atom. The Kier molecular flexibility index (Phi) is 6.84. The van der Waals surface area contributed by atoms with Gasteiger partial charge in [-0.1, -0.05) is 6.92 Å². The third kappa shape index (κ3) is 6.05. The molecule has 0 saturated carbocycles. The van der Waals surface area contributed by atoms with Gasteiger partial charge in [-0.3, -0.25) is 14.5 Å². The number of carbonyl (C=O) groups excluding carboxylic acids is 2. The first kappa shape index (κ1) is 16.0. The van der Waals surface area contributed by atoms with Gasteiger partial charge in [-0.15, -0.1) is 0 Å². The van der Waals surface area contributed by atoms with Crippen molar-refractivity contribution in [3.63, 3.8) is 0 Å². The standard InChI is InChI=1S/C14H27N3O2/c1-4-16(10-13(18)15-12(2)3)11-14(19)17-8-6-5-7-9-17/h12H,4-11H2,1-3H3,(H,15,18). The van der Waals surface area contributed by atoms with Gasteiger partial charge in [0.1, 0.15) is 0 Å². The van der Waals surface area contributed by atoms with Gasteiger partial charge in [0.25, 0.3) is 0 Å².